The van der Waals surface area contributed by atoms with Crippen LogP contribution in [0.1, 0.15) is 46.1 Å². The van der Waals surface area contributed by atoms with E-state index in [1.54, 1.807) is 0 Å². The van der Waals surface area contributed by atoms with Gasteiger partial charge in [0.25, 0.3) is 0 Å². The van der Waals surface area contributed by atoms with Crippen molar-refractivity contribution in [2.75, 3.05) is 6.54 Å². The summed E-state index contributed by atoms with van der Waals surface area (Å²) in [5, 5.41) is 3.64. The van der Waals surface area contributed by atoms with Crippen LogP contribution in [0.5, 0.6) is 0 Å². The summed E-state index contributed by atoms with van der Waals surface area (Å²) in [6, 6.07) is 11.3. The maximum atomic E-state index is 3.64. The molecule has 0 amide bonds. The number of hydrogen-bond acceptors (Lipinski definition) is 1. The van der Waals surface area contributed by atoms with Crippen LogP contribution < -0.4 is 5.32 Å². The van der Waals surface area contributed by atoms with Gasteiger partial charge in [-0.1, -0.05) is 51.1 Å². The molecule has 1 nitrogen and oxygen atoms in total. The molecule has 1 heteroatoms. The highest BCUT2D eigenvalue weighted by atomic mass is 14.9. The monoisotopic (exact) mass is 233 g/mol. The topological polar surface area (TPSA) is 12.0 Å². The highest BCUT2D eigenvalue weighted by Crippen LogP contribution is 2.18. The van der Waals surface area contributed by atoms with Crippen molar-refractivity contribution in [1.29, 1.82) is 0 Å². The quantitative estimate of drug-likeness (QED) is 0.749. The molecule has 1 rings (SSSR count). The van der Waals surface area contributed by atoms with E-state index in [1.807, 2.05) is 0 Å². The van der Waals surface area contributed by atoms with Crippen LogP contribution in [0.3, 0.4) is 0 Å². The largest absolute Gasteiger partial charge is 0.314 e. The zero-order valence-electron chi connectivity index (χ0n) is 11.8. The lowest BCUT2D eigenvalue weighted by Crippen LogP contribution is -2.35. The summed E-state index contributed by atoms with van der Waals surface area (Å²) < 4.78 is 0. The van der Waals surface area contributed by atoms with Gasteiger partial charge in [-0.25, -0.2) is 0 Å². The average molecular weight is 233 g/mol. The molecule has 1 unspecified atom stereocenters. The molecule has 17 heavy (non-hydrogen) atoms. The van der Waals surface area contributed by atoms with Gasteiger partial charge in [0.1, 0.15) is 0 Å². The van der Waals surface area contributed by atoms with Crippen molar-refractivity contribution < 1.29 is 0 Å². The highest BCUT2D eigenvalue weighted by Gasteiger charge is 2.15. The van der Waals surface area contributed by atoms with Crippen LogP contribution in [-0.2, 0) is 6.42 Å². The maximum absolute atomic E-state index is 3.64. The predicted molar refractivity (Wildman–Crippen MR) is 76.3 cm³/mol. The van der Waals surface area contributed by atoms with Gasteiger partial charge in [-0.15, -0.1) is 0 Å². The number of aryl methyl sites for hydroxylation is 1. The zero-order chi connectivity index (χ0) is 12.7. The lowest BCUT2D eigenvalue weighted by molar-refractivity contribution is 0.308. The van der Waals surface area contributed by atoms with Gasteiger partial charge in [0.2, 0.25) is 0 Å². The van der Waals surface area contributed by atoms with Crippen LogP contribution in [0.25, 0.3) is 0 Å². The van der Waals surface area contributed by atoms with Crippen LogP contribution in [0, 0.1) is 5.41 Å². The molecule has 0 spiro atoms. The minimum absolute atomic E-state index is 0.418. The lowest BCUT2D eigenvalue weighted by atomic mass is 9.90. The molecule has 96 valence electrons. The molecule has 0 aromatic heterocycles. The Morgan fingerprint density at radius 1 is 1.18 bits per heavy atom. The first kappa shape index (κ1) is 14.2. The molecule has 1 N–H and O–H groups in total. The van der Waals surface area contributed by atoms with Crippen LogP contribution in [0.15, 0.2) is 30.3 Å². The third-order valence-corrected chi connectivity index (χ3v) is 3.60. The molecule has 0 saturated carbocycles. The Morgan fingerprint density at radius 3 is 2.41 bits per heavy atom. The van der Waals surface area contributed by atoms with E-state index in [4.69, 9.17) is 0 Å². The highest BCUT2D eigenvalue weighted by molar-refractivity contribution is 5.14. The Kier molecular flexibility index (Phi) is 5.70. The SMILES string of the molecule is CCC(C)(C)CNC(C)CCc1ccccc1. The smallest absolute Gasteiger partial charge is 0.00421 e. The summed E-state index contributed by atoms with van der Waals surface area (Å²) in [7, 11) is 0. The molecule has 0 aliphatic rings. The second kappa shape index (κ2) is 6.80. The van der Waals surface area contributed by atoms with Crippen molar-refractivity contribution in [2.24, 2.45) is 5.41 Å². The van der Waals surface area contributed by atoms with Crippen molar-refractivity contribution in [3.63, 3.8) is 0 Å². The summed E-state index contributed by atoms with van der Waals surface area (Å²) in [6.07, 6.45) is 3.61. The molecule has 0 fully saturated rings. The first-order chi connectivity index (χ1) is 8.03. The van der Waals surface area contributed by atoms with Gasteiger partial charge in [0.15, 0.2) is 0 Å². The van der Waals surface area contributed by atoms with Gasteiger partial charge in [-0.05, 0) is 37.2 Å². The first-order valence-corrected chi connectivity index (χ1v) is 6.81. The van der Waals surface area contributed by atoms with E-state index in [-0.39, 0.29) is 0 Å². The van der Waals surface area contributed by atoms with Crippen molar-refractivity contribution in [2.45, 2.75) is 53.0 Å². The van der Waals surface area contributed by atoms with E-state index in [0.29, 0.717) is 11.5 Å². The Balaban J connectivity index is 2.24. The molecule has 0 bridgehead atoms. The van der Waals surface area contributed by atoms with Gasteiger partial charge in [0.05, 0.1) is 0 Å². The molecule has 1 atom stereocenters. The summed E-state index contributed by atoms with van der Waals surface area (Å²) in [4.78, 5) is 0. The average Bonchev–Trinajstić information content (AvgIpc) is 2.35. The zero-order valence-corrected chi connectivity index (χ0v) is 11.8. The van der Waals surface area contributed by atoms with Crippen LogP contribution >= 0.6 is 0 Å². The second-order valence-corrected chi connectivity index (χ2v) is 5.82. The summed E-state index contributed by atoms with van der Waals surface area (Å²) in [5.74, 6) is 0. The van der Waals surface area contributed by atoms with Gasteiger partial charge in [-0.2, -0.15) is 0 Å². The first-order valence-electron chi connectivity index (χ1n) is 6.81. The molecule has 0 aliphatic carbocycles. The van der Waals surface area contributed by atoms with Gasteiger partial charge in [-0.3, -0.25) is 0 Å². The van der Waals surface area contributed by atoms with Crippen molar-refractivity contribution >= 4 is 0 Å². The van der Waals surface area contributed by atoms with E-state index in [1.165, 1.54) is 24.8 Å². The molecule has 1 aromatic rings. The van der Waals surface area contributed by atoms with Crippen molar-refractivity contribution in [1.82, 2.24) is 5.32 Å². The third kappa shape index (κ3) is 5.88. The van der Waals surface area contributed by atoms with Crippen molar-refractivity contribution in [3.05, 3.63) is 35.9 Å². The fourth-order valence-electron chi connectivity index (χ4n) is 1.71. The van der Waals surface area contributed by atoms with Gasteiger partial charge in [0, 0.05) is 12.6 Å². The Labute approximate surface area is 107 Å². The van der Waals surface area contributed by atoms with E-state index in [9.17, 15) is 0 Å². The molecule has 0 heterocycles. The fourth-order valence-corrected chi connectivity index (χ4v) is 1.71. The van der Waals surface area contributed by atoms with E-state index < -0.39 is 0 Å². The Bertz CT molecular complexity index is 303. The number of benzene rings is 1. The Morgan fingerprint density at radius 2 is 1.82 bits per heavy atom. The van der Waals surface area contributed by atoms with E-state index >= 15 is 0 Å². The van der Waals surface area contributed by atoms with Crippen LogP contribution in [0.2, 0.25) is 0 Å². The molecule has 0 radical (unpaired) electrons. The van der Waals surface area contributed by atoms with E-state index in [0.717, 1.165) is 6.54 Å². The molecular weight excluding hydrogens is 206 g/mol. The van der Waals surface area contributed by atoms with Gasteiger partial charge >= 0.3 is 0 Å². The standard InChI is InChI=1S/C16H27N/c1-5-16(3,4)13-17-14(2)11-12-15-9-7-6-8-10-15/h6-10,14,17H,5,11-13H2,1-4H3. The third-order valence-electron chi connectivity index (χ3n) is 3.60. The number of nitrogens with one attached hydrogen (secondary N) is 1. The number of rotatable bonds is 7. The second-order valence-electron chi connectivity index (χ2n) is 5.82. The van der Waals surface area contributed by atoms with Gasteiger partial charge < -0.3 is 5.32 Å². The lowest BCUT2D eigenvalue weighted by Gasteiger charge is -2.25. The minimum Gasteiger partial charge on any atom is -0.314 e. The molecular formula is C16H27N. The summed E-state index contributed by atoms with van der Waals surface area (Å²) in [5.41, 5.74) is 1.86. The Hall–Kier alpha value is -0.820. The minimum atomic E-state index is 0.418. The summed E-state index contributed by atoms with van der Waals surface area (Å²) in [6.45, 7) is 10.3. The molecule has 1 aromatic carbocycles. The van der Waals surface area contributed by atoms with Crippen LogP contribution in [0.4, 0.5) is 0 Å². The van der Waals surface area contributed by atoms with E-state index in [2.05, 4.69) is 63.3 Å². The van der Waals surface area contributed by atoms with Crippen molar-refractivity contribution in [3.8, 4) is 0 Å². The maximum Gasteiger partial charge on any atom is 0.00421 e. The fraction of sp³-hybridized carbons (Fsp3) is 0.625. The normalized spacial score (nSPS) is 13.6. The number of hydrogen-bond donors (Lipinski definition) is 1. The predicted octanol–water partition coefficient (Wildman–Crippen LogP) is 4.03. The molecule has 0 saturated heterocycles. The van der Waals surface area contributed by atoms with Crippen LogP contribution in [-0.4, -0.2) is 12.6 Å². The summed E-state index contributed by atoms with van der Waals surface area (Å²) >= 11 is 0. The molecule has 0 aliphatic heterocycles.